The summed E-state index contributed by atoms with van der Waals surface area (Å²) in [5, 5.41) is 15.8. The van der Waals surface area contributed by atoms with E-state index < -0.39 is 0 Å². The quantitative estimate of drug-likeness (QED) is 0.702. The van der Waals surface area contributed by atoms with Gasteiger partial charge < -0.3 is 10.6 Å². The zero-order valence-corrected chi connectivity index (χ0v) is 16.7. The molecule has 0 unspecified atom stereocenters. The summed E-state index contributed by atoms with van der Waals surface area (Å²) in [6.45, 7) is 5.02. The Hall–Kier alpha value is -0.820. The third-order valence-corrected chi connectivity index (χ3v) is 8.07. The predicted octanol–water partition coefficient (Wildman–Crippen LogP) is 3.93. The van der Waals surface area contributed by atoms with Crippen molar-refractivity contribution < 1.29 is 4.79 Å². The summed E-state index contributed by atoms with van der Waals surface area (Å²) >= 11 is 3.07. The van der Waals surface area contributed by atoms with Gasteiger partial charge in [-0.25, -0.2) is 0 Å². The Bertz CT molecular complexity index is 597. The molecule has 5 nitrogen and oxygen atoms in total. The van der Waals surface area contributed by atoms with E-state index in [1.54, 1.807) is 0 Å². The third kappa shape index (κ3) is 3.82. The number of hydrogen-bond acceptors (Lipinski definition) is 6. The minimum atomic E-state index is -0.125. The Kier molecular flexibility index (Phi) is 4.97. The normalized spacial score (nSPS) is 34.1. The van der Waals surface area contributed by atoms with E-state index in [1.807, 2.05) is 6.92 Å². The summed E-state index contributed by atoms with van der Waals surface area (Å²) in [6.07, 6.45) is 8.86. The number of thioether (sulfide) groups is 1. The lowest BCUT2D eigenvalue weighted by atomic mass is 9.53. The predicted molar refractivity (Wildman–Crippen MR) is 103 cm³/mol. The van der Waals surface area contributed by atoms with Gasteiger partial charge in [-0.15, -0.1) is 10.2 Å². The molecule has 138 valence electrons. The van der Waals surface area contributed by atoms with Gasteiger partial charge in [0.25, 0.3) is 0 Å². The monoisotopic (exact) mass is 380 g/mol. The van der Waals surface area contributed by atoms with Crippen LogP contribution in [0.3, 0.4) is 0 Å². The molecule has 7 heteroatoms. The van der Waals surface area contributed by atoms with Crippen LogP contribution in [0.5, 0.6) is 0 Å². The van der Waals surface area contributed by atoms with Crippen LogP contribution in [0.25, 0.3) is 0 Å². The first kappa shape index (κ1) is 17.6. The minimum absolute atomic E-state index is 0.0929. The first-order valence-corrected chi connectivity index (χ1v) is 11.3. The van der Waals surface area contributed by atoms with Crippen molar-refractivity contribution >= 4 is 34.1 Å². The zero-order valence-electron chi connectivity index (χ0n) is 15.1. The Labute approximate surface area is 158 Å². The Morgan fingerprint density at radius 3 is 2.48 bits per heavy atom. The molecule has 5 rings (SSSR count). The zero-order chi connectivity index (χ0) is 17.4. The molecule has 4 aliphatic rings. The molecule has 4 bridgehead atoms. The van der Waals surface area contributed by atoms with Crippen LogP contribution in [-0.4, -0.2) is 33.4 Å². The van der Waals surface area contributed by atoms with E-state index in [4.69, 9.17) is 0 Å². The van der Waals surface area contributed by atoms with E-state index in [-0.39, 0.29) is 16.7 Å². The second kappa shape index (κ2) is 7.06. The molecule has 1 aromatic rings. The van der Waals surface area contributed by atoms with Gasteiger partial charge in [0, 0.05) is 12.1 Å². The average Bonchev–Trinajstić information content (AvgIpc) is 2.98. The van der Waals surface area contributed by atoms with Crippen LogP contribution >= 0.6 is 23.1 Å². The van der Waals surface area contributed by atoms with Crippen molar-refractivity contribution in [2.75, 3.05) is 11.9 Å². The fourth-order valence-electron chi connectivity index (χ4n) is 5.39. The Morgan fingerprint density at radius 2 is 1.88 bits per heavy atom. The van der Waals surface area contributed by atoms with Crippen LogP contribution in [0, 0.1) is 17.8 Å². The lowest BCUT2D eigenvalue weighted by molar-refractivity contribution is -0.126. The molecule has 0 aliphatic heterocycles. The van der Waals surface area contributed by atoms with Crippen molar-refractivity contribution in [2.24, 2.45) is 17.8 Å². The molecule has 0 saturated heterocycles. The number of rotatable bonds is 7. The van der Waals surface area contributed by atoms with Crippen molar-refractivity contribution in [2.45, 2.75) is 73.9 Å². The SMILES string of the molecule is CCCNc1nnc(S[C@H](C)C(=O)NC23CC4CC(CC(C4)C2)C3)s1. The summed E-state index contributed by atoms with van der Waals surface area (Å²) in [7, 11) is 0. The van der Waals surface area contributed by atoms with Crippen LogP contribution < -0.4 is 10.6 Å². The van der Waals surface area contributed by atoms with Crippen molar-refractivity contribution in [3.05, 3.63) is 0 Å². The number of carbonyl (C=O) groups is 1. The van der Waals surface area contributed by atoms with E-state index >= 15 is 0 Å². The number of aromatic nitrogens is 2. The molecule has 1 atom stereocenters. The highest BCUT2D eigenvalue weighted by atomic mass is 32.2. The molecule has 1 amide bonds. The topological polar surface area (TPSA) is 66.9 Å². The Balaban J connectivity index is 1.34. The molecule has 0 radical (unpaired) electrons. The first-order valence-electron chi connectivity index (χ1n) is 9.61. The van der Waals surface area contributed by atoms with Crippen molar-refractivity contribution in [3.63, 3.8) is 0 Å². The molecular formula is C18H28N4OS2. The maximum Gasteiger partial charge on any atom is 0.233 e. The maximum atomic E-state index is 12.8. The largest absolute Gasteiger partial charge is 0.360 e. The molecular weight excluding hydrogens is 352 g/mol. The van der Waals surface area contributed by atoms with Crippen molar-refractivity contribution in [1.29, 1.82) is 0 Å². The molecule has 4 saturated carbocycles. The van der Waals surface area contributed by atoms with Gasteiger partial charge in [0.1, 0.15) is 0 Å². The molecule has 1 aromatic heterocycles. The van der Waals surface area contributed by atoms with E-state index in [0.29, 0.717) is 0 Å². The lowest BCUT2D eigenvalue weighted by Gasteiger charge is -2.57. The van der Waals surface area contributed by atoms with Crippen LogP contribution in [0.1, 0.15) is 58.8 Å². The fourth-order valence-corrected chi connectivity index (χ4v) is 7.31. The number of carbonyl (C=O) groups excluding carboxylic acids is 1. The Morgan fingerprint density at radius 1 is 1.24 bits per heavy atom. The van der Waals surface area contributed by atoms with E-state index in [9.17, 15) is 4.79 Å². The molecule has 4 fully saturated rings. The smallest absolute Gasteiger partial charge is 0.233 e. The fraction of sp³-hybridized carbons (Fsp3) is 0.833. The van der Waals surface area contributed by atoms with Crippen LogP contribution in [-0.2, 0) is 4.79 Å². The molecule has 4 aliphatic carbocycles. The van der Waals surface area contributed by atoms with Gasteiger partial charge >= 0.3 is 0 Å². The number of anilines is 1. The average molecular weight is 381 g/mol. The summed E-state index contributed by atoms with van der Waals surface area (Å²) in [4.78, 5) is 12.8. The molecule has 2 N–H and O–H groups in total. The highest BCUT2D eigenvalue weighted by molar-refractivity contribution is 8.02. The van der Waals surface area contributed by atoms with Crippen molar-refractivity contribution in [1.82, 2.24) is 15.5 Å². The van der Waals surface area contributed by atoms with Crippen LogP contribution in [0.2, 0.25) is 0 Å². The molecule has 0 aromatic carbocycles. The highest BCUT2D eigenvalue weighted by Crippen LogP contribution is 2.55. The van der Waals surface area contributed by atoms with Gasteiger partial charge in [-0.1, -0.05) is 30.0 Å². The molecule has 25 heavy (non-hydrogen) atoms. The van der Waals surface area contributed by atoms with Crippen molar-refractivity contribution in [3.8, 4) is 0 Å². The number of amides is 1. The third-order valence-electron chi connectivity index (χ3n) is 6.01. The summed E-state index contributed by atoms with van der Waals surface area (Å²) in [6, 6.07) is 0. The molecule has 1 heterocycles. The van der Waals surface area contributed by atoms with E-state index in [2.05, 4.69) is 27.8 Å². The van der Waals surface area contributed by atoms with Gasteiger partial charge in [0.2, 0.25) is 11.0 Å². The minimum Gasteiger partial charge on any atom is -0.360 e. The maximum absolute atomic E-state index is 12.8. The first-order chi connectivity index (χ1) is 12.0. The van der Waals surface area contributed by atoms with Crippen LogP contribution in [0.4, 0.5) is 5.13 Å². The highest BCUT2D eigenvalue weighted by Gasteiger charge is 2.51. The standard InChI is InChI=1S/C18H28N4OS2/c1-3-4-19-16-21-22-17(25-16)24-11(2)15(23)20-18-8-12-5-13(9-18)7-14(6-12)10-18/h11-14H,3-10H2,1-2H3,(H,19,21)(H,20,23)/t11-,12?,13?,14?,18?/m1/s1. The second-order valence-electron chi connectivity index (χ2n) is 8.25. The number of nitrogens with zero attached hydrogens (tertiary/aromatic N) is 2. The summed E-state index contributed by atoms with van der Waals surface area (Å²) < 4.78 is 0.867. The second-order valence-corrected chi connectivity index (χ2v) is 10.8. The van der Waals surface area contributed by atoms with Gasteiger partial charge in [0.15, 0.2) is 4.34 Å². The number of nitrogens with one attached hydrogen (secondary N) is 2. The summed E-state index contributed by atoms with van der Waals surface area (Å²) in [5.41, 5.74) is 0.0929. The van der Waals surface area contributed by atoms with Crippen LogP contribution in [0.15, 0.2) is 4.34 Å². The van der Waals surface area contributed by atoms with E-state index in [1.165, 1.54) is 61.6 Å². The lowest BCUT2D eigenvalue weighted by Crippen LogP contribution is -2.60. The van der Waals surface area contributed by atoms with E-state index in [0.717, 1.165) is 40.2 Å². The van der Waals surface area contributed by atoms with Gasteiger partial charge in [0.05, 0.1) is 5.25 Å². The van der Waals surface area contributed by atoms with Gasteiger partial charge in [-0.3, -0.25) is 4.79 Å². The molecule has 0 spiro atoms. The number of hydrogen-bond donors (Lipinski definition) is 2. The summed E-state index contributed by atoms with van der Waals surface area (Å²) in [5.74, 6) is 2.73. The van der Waals surface area contributed by atoms with Gasteiger partial charge in [-0.2, -0.15) is 0 Å². The van der Waals surface area contributed by atoms with Gasteiger partial charge in [-0.05, 0) is 69.6 Å².